The predicted molar refractivity (Wildman–Crippen MR) is 164 cm³/mol. The number of likely N-dealkylation sites (tertiary alicyclic amines) is 1. The van der Waals surface area contributed by atoms with Gasteiger partial charge in [-0.25, -0.2) is 9.97 Å². The molecule has 2 aliphatic heterocycles. The van der Waals surface area contributed by atoms with E-state index in [9.17, 15) is 4.79 Å². The molecule has 0 spiro atoms. The van der Waals surface area contributed by atoms with Crippen molar-refractivity contribution in [3.63, 3.8) is 0 Å². The minimum atomic E-state index is 0.114. The third-order valence-corrected chi connectivity index (χ3v) is 10.7. The van der Waals surface area contributed by atoms with Gasteiger partial charge in [0.25, 0.3) is 5.91 Å². The lowest BCUT2D eigenvalue weighted by Crippen LogP contribution is -2.53. The summed E-state index contributed by atoms with van der Waals surface area (Å²) in [5.41, 5.74) is 5.50. The number of ether oxygens (including phenoxy) is 1. The number of hydrogen-bond acceptors (Lipinski definition) is 5. The summed E-state index contributed by atoms with van der Waals surface area (Å²) in [5, 5.41) is 5.79. The zero-order chi connectivity index (χ0) is 28.7. The molecule has 3 fully saturated rings. The van der Waals surface area contributed by atoms with Crippen LogP contribution in [0.25, 0.3) is 33.6 Å². The number of hydrogen-bond donors (Lipinski definition) is 0. The summed E-state index contributed by atoms with van der Waals surface area (Å²) in [6.07, 6.45) is 14.3. The van der Waals surface area contributed by atoms with E-state index in [0.717, 1.165) is 89.9 Å². The summed E-state index contributed by atoms with van der Waals surface area (Å²) in [6, 6.07) is 10.7. The van der Waals surface area contributed by atoms with E-state index < -0.39 is 0 Å². The monoisotopic (exact) mass is 575 g/mol. The molecule has 5 aromatic rings. The van der Waals surface area contributed by atoms with Crippen LogP contribution >= 0.6 is 0 Å². The molecule has 0 N–H and O–H groups in total. The van der Waals surface area contributed by atoms with Crippen LogP contribution < -0.4 is 4.74 Å². The van der Waals surface area contributed by atoms with Crippen LogP contribution in [-0.4, -0.2) is 59.4 Å². The van der Waals surface area contributed by atoms with E-state index in [1.54, 1.807) is 7.11 Å². The molecule has 2 bridgehead atoms. The molecule has 1 amide bonds. The highest BCUT2D eigenvalue weighted by Crippen LogP contribution is 2.60. The van der Waals surface area contributed by atoms with Crippen LogP contribution in [0.3, 0.4) is 0 Å². The van der Waals surface area contributed by atoms with E-state index in [1.807, 2.05) is 30.6 Å². The number of amides is 1. The Bertz CT molecular complexity index is 1880. The number of carbonyl (C=O) groups is 1. The Morgan fingerprint density at radius 1 is 1.00 bits per heavy atom. The fourth-order valence-electron chi connectivity index (χ4n) is 8.59. The summed E-state index contributed by atoms with van der Waals surface area (Å²) in [5.74, 6) is 3.93. The maximum Gasteiger partial charge on any atom is 0.254 e. The van der Waals surface area contributed by atoms with Crippen LogP contribution in [0.15, 0.2) is 48.9 Å². The molecule has 4 atom stereocenters. The van der Waals surface area contributed by atoms with Gasteiger partial charge in [-0.15, -0.1) is 0 Å². The van der Waals surface area contributed by atoms with Crippen molar-refractivity contribution in [2.45, 2.75) is 70.6 Å². The fourth-order valence-corrected chi connectivity index (χ4v) is 8.59. The van der Waals surface area contributed by atoms with E-state index in [0.29, 0.717) is 29.8 Å². The molecule has 43 heavy (non-hydrogen) atoms. The Morgan fingerprint density at radius 2 is 1.88 bits per heavy atom. The Kier molecular flexibility index (Phi) is 5.72. The smallest absolute Gasteiger partial charge is 0.254 e. The molecule has 6 heterocycles. The van der Waals surface area contributed by atoms with Gasteiger partial charge in [-0.2, -0.15) is 5.10 Å². The molecule has 2 saturated carbocycles. The first-order chi connectivity index (χ1) is 21.2. The third kappa shape index (κ3) is 3.89. The highest BCUT2D eigenvalue weighted by molar-refractivity contribution is 6.00. The minimum Gasteiger partial charge on any atom is -0.494 e. The molecule has 9 nitrogen and oxygen atoms in total. The van der Waals surface area contributed by atoms with E-state index in [-0.39, 0.29) is 5.91 Å². The van der Waals surface area contributed by atoms with Gasteiger partial charge < -0.3 is 18.8 Å². The maximum absolute atomic E-state index is 13.9. The fraction of sp³-hybridized carbons (Fsp3) is 0.471. The zero-order valence-electron chi connectivity index (χ0n) is 24.7. The van der Waals surface area contributed by atoms with Crippen molar-refractivity contribution in [2.75, 3.05) is 13.7 Å². The van der Waals surface area contributed by atoms with Crippen molar-refractivity contribution in [1.82, 2.24) is 33.8 Å². The molecule has 3 unspecified atom stereocenters. The lowest BCUT2D eigenvalue weighted by atomic mass is 9.53. The van der Waals surface area contributed by atoms with Gasteiger partial charge in [0, 0.05) is 54.6 Å². The summed E-state index contributed by atoms with van der Waals surface area (Å²) < 4.78 is 12.7. The van der Waals surface area contributed by atoms with Gasteiger partial charge in [0.2, 0.25) is 0 Å². The van der Waals surface area contributed by atoms with Crippen LogP contribution in [0.2, 0.25) is 0 Å². The van der Waals surface area contributed by atoms with Crippen LogP contribution in [0.4, 0.5) is 0 Å². The lowest BCUT2D eigenvalue weighted by molar-refractivity contribution is -0.0204. The molecule has 1 aromatic carbocycles. The second-order valence-electron chi connectivity index (χ2n) is 13.1. The summed E-state index contributed by atoms with van der Waals surface area (Å²) in [4.78, 5) is 26.2. The summed E-state index contributed by atoms with van der Waals surface area (Å²) in [6.45, 7) is 3.31. The van der Waals surface area contributed by atoms with Gasteiger partial charge in [-0.3, -0.25) is 9.48 Å². The largest absolute Gasteiger partial charge is 0.494 e. The molecule has 9 rings (SSSR count). The maximum atomic E-state index is 13.9. The number of fused-ring (bicyclic) bond motifs is 9. The summed E-state index contributed by atoms with van der Waals surface area (Å²) in [7, 11) is 1.70. The SMILES string of the molecule is COc1cc(C(=O)N2CC3CC4CC2[C@H]43)cc2nc3n(c12)Cc1cnn(c1)CCCCCCCn1c-3cc2cccnc21. The van der Waals surface area contributed by atoms with E-state index in [4.69, 9.17) is 14.7 Å². The van der Waals surface area contributed by atoms with Gasteiger partial charge in [0.1, 0.15) is 16.9 Å². The van der Waals surface area contributed by atoms with Crippen molar-refractivity contribution >= 4 is 28.0 Å². The lowest BCUT2D eigenvalue weighted by Gasteiger charge is -2.52. The van der Waals surface area contributed by atoms with E-state index in [2.05, 4.69) is 42.1 Å². The van der Waals surface area contributed by atoms with E-state index >= 15 is 0 Å². The van der Waals surface area contributed by atoms with Crippen LogP contribution in [0.1, 0.15) is 60.9 Å². The minimum absolute atomic E-state index is 0.114. The van der Waals surface area contributed by atoms with Crippen LogP contribution in [0.5, 0.6) is 5.75 Å². The number of pyridine rings is 1. The van der Waals surface area contributed by atoms with Crippen molar-refractivity contribution in [2.24, 2.45) is 17.8 Å². The van der Waals surface area contributed by atoms with Gasteiger partial charge >= 0.3 is 0 Å². The molecule has 1 saturated heterocycles. The Hall–Kier alpha value is -4.14. The molecular formula is C34H37N7O2. The molecule has 4 aromatic heterocycles. The predicted octanol–water partition coefficient (Wildman–Crippen LogP) is 5.75. The highest BCUT2D eigenvalue weighted by Gasteiger charge is 2.61. The average molecular weight is 576 g/mol. The number of methoxy groups -OCH3 is 1. The summed E-state index contributed by atoms with van der Waals surface area (Å²) >= 11 is 0. The second-order valence-corrected chi connectivity index (χ2v) is 13.1. The van der Waals surface area contributed by atoms with Gasteiger partial charge in [0.15, 0.2) is 5.82 Å². The molecule has 220 valence electrons. The Labute approximate surface area is 250 Å². The van der Waals surface area contributed by atoms with E-state index in [1.165, 1.54) is 25.7 Å². The number of carbonyl (C=O) groups excluding carboxylic acids is 1. The molecule has 2 aliphatic carbocycles. The van der Waals surface area contributed by atoms with Crippen LogP contribution in [-0.2, 0) is 19.6 Å². The zero-order valence-corrected chi connectivity index (χ0v) is 24.7. The topological polar surface area (TPSA) is 83.0 Å². The number of imidazole rings is 1. The van der Waals surface area contributed by atoms with Crippen molar-refractivity contribution in [1.29, 1.82) is 0 Å². The van der Waals surface area contributed by atoms with Crippen molar-refractivity contribution in [3.8, 4) is 17.3 Å². The number of nitrogens with zero attached hydrogens (tertiary/aromatic N) is 7. The first-order valence-corrected chi connectivity index (χ1v) is 16.0. The Morgan fingerprint density at radius 3 is 2.74 bits per heavy atom. The first-order valence-electron chi connectivity index (χ1n) is 16.0. The van der Waals surface area contributed by atoms with Gasteiger partial charge in [-0.05, 0) is 73.8 Å². The number of benzene rings is 1. The average Bonchev–Trinajstić information content (AvgIpc) is 3.71. The van der Waals surface area contributed by atoms with Gasteiger partial charge in [-0.1, -0.05) is 19.3 Å². The number of aromatic nitrogens is 6. The van der Waals surface area contributed by atoms with Crippen molar-refractivity contribution in [3.05, 3.63) is 60.0 Å². The van der Waals surface area contributed by atoms with Gasteiger partial charge in [0.05, 0.1) is 31.1 Å². The number of rotatable bonds is 2. The quantitative estimate of drug-likeness (QED) is 0.268. The third-order valence-electron chi connectivity index (χ3n) is 10.7. The standard InChI is InChI=1S/C34H37N7O2/c1-43-29-16-24(34(42)40-20-25-12-23-15-27(40)30(23)25)13-26-31(29)41-19-21-17-36-38(18-21)10-5-3-2-4-6-11-39-28(33(41)37-26)14-22-8-7-9-35-32(22)39/h7-9,13-14,16-18,23,25,27,30H,2-6,10-12,15,19-20H2,1H3/t23?,25?,27?,30-/m1/s1. The molecular weight excluding hydrogens is 538 g/mol. The normalized spacial score (nSPS) is 24.8. The highest BCUT2D eigenvalue weighted by atomic mass is 16.5. The van der Waals surface area contributed by atoms with Crippen LogP contribution in [0, 0.1) is 17.8 Å². The second kappa shape index (κ2) is 9.69. The van der Waals surface area contributed by atoms with Crippen molar-refractivity contribution < 1.29 is 9.53 Å². The first kappa shape index (κ1) is 25.4. The number of aryl methyl sites for hydroxylation is 2. The molecule has 9 heteroatoms. The molecule has 4 aliphatic rings. The Balaban J connectivity index is 1.22. The molecule has 0 radical (unpaired) electrons.